The molecule has 23 heavy (non-hydrogen) atoms. The van der Waals surface area contributed by atoms with E-state index in [2.05, 4.69) is 15.9 Å². The van der Waals surface area contributed by atoms with Gasteiger partial charge in [-0.15, -0.1) is 0 Å². The molecule has 5 heteroatoms. The lowest BCUT2D eigenvalue weighted by atomic mass is 9.91. The van der Waals surface area contributed by atoms with Crippen LogP contribution in [0.2, 0.25) is 5.02 Å². The highest BCUT2D eigenvalue weighted by Crippen LogP contribution is 2.36. The highest BCUT2D eigenvalue weighted by atomic mass is 79.9. The Hall–Kier alpha value is -1.52. The first-order valence-corrected chi connectivity index (χ1v) is 8.58. The number of carbonyl (C=O) groups is 1. The molecule has 2 aromatic rings. The zero-order valence-corrected chi connectivity index (χ0v) is 15.1. The van der Waals surface area contributed by atoms with Crippen molar-refractivity contribution in [2.75, 3.05) is 6.61 Å². The molecular weight excluding hydrogens is 380 g/mol. The summed E-state index contributed by atoms with van der Waals surface area (Å²) >= 11 is 9.59. The minimum absolute atomic E-state index is 0.317. The fourth-order valence-electron chi connectivity index (χ4n) is 2.38. The van der Waals surface area contributed by atoms with Crippen molar-refractivity contribution in [3.05, 3.63) is 63.1 Å². The molecule has 0 saturated heterocycles. The average Bonchev–Trinajstić information content (AvgIpc) is 2.52. The molecule has 2 rings (SSSR count). The first-order valence-electron chi connectivity index (χ1n) is 7.41. The highest BCUT2D eigenvalue weighted by Gasteiger charge is 2.23. The summed E-state index contributed by atoms with van der Waals surface area (Å²) in [5.41, 5.74) is 1.55. The van der Waals surface area contributed by atoms with Crippen LogP contribution in [0.5, 0.6) is 5.75 Å². The van der Waals surface area contributed by atoms with Crippen molar-refractivity contribution in [3.8, 4) is 5.75 Å². The van der Waals surface area contributed by atoms with Gasteiger partial charge in [0.1, 0.15) is 5.75 Å². The molecule has 0 amide bonds. The molecule has 0 spiro atoms. The predicted molar refractivity (Wildman–Crippen MR) is 95.5 cm³/mol. The molecule has 0 radical (unpaired) electrons. The van der Waals surface area contributed by atoms with E-state index in [1.54, 1.807) is 12.1 Å². The van der Waals surface area contributed by atoms with E-state index >= 15 is 0 Å². The Kier molecular flexibility index (Phi) is 6.48. The van der Waals surface area contributed by atoms with Gasteiger partial charge in [-0.05, 0) is 52.0 Å². The maximum atomic E-state index is 11.7. The van der Waals surface area contributed by atoms with Crippen molar-refractivity contribution in [1.82, 2.24) is 0 Å². The minimum Gasteiger partial charge on any atom is -0.492 e. The molecule has 0 heterocycles. The average molecular weight is 398 g/mol. The topological polar surface area (TPSA) is 46.5 Å². The van der Waals surface area contributed by atoms with E-state index in [0.717, 1.165) is 22.0 Å². The van der Waals surface area contributed by atoms with Crippen molar-refractivity contribution in [1.29, 1.82) is 0 Å². The maximum absolute atomic E-state index is 11.7. The number of benzene rings is 2. The number of hydrogen-bond donors (Lipinski definition) is 1. The van der Waals surface area contributed by atoms with Crippen LogP contribution in [-0.4, -0.2) is 17.7 Å². The van der Waals surface area contributed by atoms with Crippen LogP contribution in [0.15, 0.2) is 46.9 Å². The van der Waals surface area contributed by atoms with E-state index in [4.69, 9.17) is 16.3 Å². The van der Waals surface area contributed by atoms with Crippen LogP contribution in [0.3, 0.4) is 0 Å². The van der Waals surface area contributed by atoms with Crippen LogP contribution in [0.1, 0.15) is 30.4 Å². The van der Waals surface area contributed by atoms with Gasteiger partial charge in [-0.2, -0.15) is 0 Å². The van der Waals surface area contributed by atoms with E-state index < -0.39 is 11.9 Å². The number of carboxylic acid groups (broad SMARTS) is 1. The normalized spacial score (nSPS) is 12.0. The van der Waals surface area contributed by atoms with Gasteiger partial charge in [0.25, 0.3) is 0 Å². The van der Waals surface area contributed by atoms with E-state index in [-0.39, 0.29) is 0 Å². The second-order valence-corrected chi connectivity index (χ2v) is 6.52. The van der Waals surface area contributed by atoms with Gasteiger partial charge < -0.3 is 9.84 Å². The van der Waals surface area contributed by atoms with E-state index in [1.165, 1.54) is 0 Å². The highest BCUT2D eigenvalue weighted by molar-refractivity contribution is 9.10. The molecule has 1 atom stereocenters. The van der Waals surface area contributed by atoms with E-state index in [9.17, 15) is 9.90 Å². The summed E-state index contributed by atoms with van der Waals surface area (Å²) in [7, 11) is 0. The smallest absolute Gasteiger partial charge is 0.311 e. The summed E-state index contributed by atoms with van der Waals surface area (Å²) in [6, 6.07) is 12.7. The van der Waals surface area contributed by atoms with Crippen molar-refractivity contribution in [2.45, 2.75) is 25.7 Å². The number of ether oxygens (including phenoxy) is 1. The van der Waals surface area contributed by atoms with Crippen LogP contribution in [-0.2, 0) is 11.2 Å². The van der Waals surface area contributed by atoms with Crippen molar-refractivity contribution >= 4 is 33.5 Å². The van der Waals surface area contributed by atoms with Gasteiger partial charge in [0.05, 0.1) is 17.0 Å². The fraction of sp³-hybridized carbons (Fsp3) is 0.278. The summed E-state index contributed by atoms with van der Waals surface area (Å²) in [4.78, 5) is 11.7. The third kappa shape index (κ3) is 4.72. The van der Waals surface area contributed by atoms with Crippen molar-refractivity contribution in [2.24, 2.45) is 0 Å². The van der Waals surface area contributed by atoms with Gasteiger partial charge in [-0.25, -0.2) is 0 Å². The lowest BCUT2D eigenvalue weighted by Crippen LogP contribution is -2.15. The van der Waals surface area contributed by atoms with Crippen molar-refractivity contribution < 1.29 is 14.6 Å². The van der Waals surface area contributed by atoms with E-state index in [1.807, 2.05) is 37.3 Å². The number of rotatable bonds is 7. The second kappa shape index (κ2) is 8.37. The number of carboxylic acids is 1. The first-order chi connectivity index (χ1) is 11.0. The number of hydrogen-bond acceptors (Lipinski definition) is 2. The molecule has 0 aliphatic carbocycles. The standard InChI is InChI=1S/C18H18BrClO3/c1-2-8-23-17-13(9-14(20)11-16(17)19)10-15(18(21)22)12-6-4-3-5-7-12/h3-7,9,11,15H,2,8,10H2,1H3,(H,21,22). The zero-order valence-electron chi connectivity index (χ0n) is 12.8. The Labute approximate surface area is 149 Å². The van der Waals surface area contributed by atoms with Crippen LogP contribution in [0.4, 0.5) is 0 Å². The van der Waals surface area contributed by atoms with Gasteiger partial charge in [0.15, 0.2) is 0 Å². The van der Waals surface area contributed by atoms with Crippen LogP contribution < -0.4 is 4.74 Å². The monoisotopic (exact) mass is 396 g/mol. The lowest BCUT2D eigenvalue weighted by molar-refractivity contribution is -0.138. The molecule has 1 unspecified atom stereocenters. The summed E-state index contributed by atoms with van der Waals surface area (Å²) in [5, 5.41) is 10.2. The Morgan fingerprint density at radius 3 is 2.61 bits per heavy atom. The molecule has 0 fully saturated rings. The fourth-order valence-corrected chi connectivity index (χ4v) is 3.37. The van der Waals surface area contributed by atoms with E-state index in [0.29, 0.717) is 23.8 Å². The summed E-state index contributed by atoms with van der Waals surface area (Å²) < 4.78 is 6.53. The summed E-state index contributed by atoms with van der Waals surface area (Å²) in [6.45, 7) is 2.59. The largest absolute Gasteiger partial charge is 0.492 e. The number of aliphatic carboxylic acids is 1. The second-order valence-electron chi connectivity index (χ2n) is 5.23. The summed E-state index contributed by atoms with van der Waals surface area (Å²) in [5.74, 6) is -0.849. The molecule has 1 N–H and O–H groups in total. The Morgan fingerprint density at radius 1 is 1.30 bits per heavy atom. The predicted octanol–water partition coefficient (Wildman–Crippen LogP) is 5.30. The van der Waals surface area contributed by atoms with Gasteiger partial charge >= 0.3 is 5.97 Å². The van der Waals surface area contributed by atoms with Gasteiger partial charge in [0.2, 0.25) is 0 Å². The third-order valence-corrected chi connectivity index (χ3v) is 4.27. The Morgan fingerprint density at radius 2 is 2.00 bits per heavy atom. The Bertz CT molecular complexity index is 673. The van der Waals surface area contributed by atoms with Crippen LogP contribution in [0, 0.1) is 0 Å². The molecule has 0 bridgehead atoms. The molecule has 0 aliphatic rings. The van der Waals surface area contributed by atoms with Gasteiger partial charge in [-0.1, -0.05) is 48.9 Å². The Balaban J connectivity index is 2.38. The quantitative estimate of drug-likeness (QED) is 0.689. The molecule has 0 aromatic heterocycles. The maximum Gasteiger partial charge on any atom is 0.311 e. The minimum atomic E-state index is -0.867. The summed E-state index contributed by atoms with van der Waals surface area (Å²) in [6.07, 6.45) is 1.19. The van der Waals surface area contributed by atoms with Gasteiger partial charge in [-0.3, -0.25) is 4.79 Å². The zero-order chi connectivity index (χ0) is 16.8. The van der Waals surface area contributed by atoms with Gasteiger partial charge in [0, 0.05) is 5.02 Å². The molecule has 0 saturated carbocycles. The lowest BCUT2D eigenvalue weighted by Gasteiger charge is -2.17. The van der Waals surface area contributed by atoms with Crippen LogP contribution in [0.25, 0.3) is 0 Å². The molecule has 122 valence electrons. The number of halogens is 2. The molecule has 0 aliphatic heterocycles. The van der Waals surface area contributed by atoms with Crippen LogP contribution >= 0.6 is 27.5 Å². The first kappa shape index (κ1) is 17.8. The molecular formula is C18H18BrClO3. The third-order valence-electron chi connectivity index (χ3n) is 3.46. The van der Waals surface area contributed by atoms with Crippen molar-refractivity contribution in [3.63, 3.8) is 0 Å². The molecule has 3 nitrogen and oxygen atoms in total. The SMILES string of the molecule is CCCOc1c(Br)cc(Cl)cc1CC(C(=O)O)c1ccccc1. The molecule has 2 aromatic carbocycles.